The molecule has 3 unspecified atom stereocenters. The van der Waals surface area contributed by atoms with Gasteiger partial charge in [0.05, 0.1) is 16.7 Å². The van der Waals surface area contributed by atoms with Crippen molar-refractivity contribution in [1.82, 2.24) is 14.7 Å². The lowest BCUT2D eigenvalue weighted by Crippen LogP contribution is -2.56. The van der Waals surface area contributed by atoms with E-state index < -0.39 is 34.5 Å². The summed E-state index contributed by atoms with van der Waals surface area (Å²) < 4.78 is 0. The first-order chi connectivity index (χ1) is 24.6. The van der Waals surface area contributed by atoms with Crippen LogP contribution in [-0.2, 0) is 39.1 Å². The van der Waals surface area contributed by atoms with Gasteiger partial charge in [0.15, 0.2) is 0 Å². The molecule has 5 rings (SSSR count). The highest BCUT2D eigenvalue weighted by Gasteiger charge is 2.52. The molecule has 0 saturated carbocycles. The highest BCUT2D eigenvalue weighted by atomic mass is 16.2. The van der Waals surface area contributed by atoms with E-state index in [4.69, 9.17) is 17.2 Å². The molecule has 3 amide bonds. The van der Waals surface area contributed by atoms with Crippen LogP contribution >= 0.6 is 0 Å². The van der Waals surface area contributed by atoms with Crippen LogP contribution in [0.1, 0.15) is 72.8 Å². The van der Waals surface area contributed by atoms with E-state index in [-0.39, 0.29) is 13.0 Å². The SMILES string of the molecule is CCN(C)CC(Cc1ccccc1)(C(N)=O)C(C(N)=O)c1cccc(CCN2CCCCC2)c1C(Cc1ccccc1)(CN1CCCC1)C(N)=O. The molecule has 9 nitrogen and oxygen atoms in total. The molecule has 3 aromatic rings. The molecular formula is C42H58N6O3. The van der Waals surface area contributed by atoms with Crippen molar-refractivity contribution in [3.05, 3.63) is 107 Å². The number of nitrogens with zero attached hydrogens (tertiary/aromatic N) is 3. The third kappa shape index (κ3) is 8.88. The molecule has 2 aliphatic rings. The monoisotopic (exact) mass is 694 g/mol. The van der Waals surface area contributed by atoms with E-state index in [0.29, 0.717) is 31.5 Å². The summed E-state index contributed by atoms with van der Waals surface area (Å²) in [6.07, 6.45) is 6.85. The number of nitrogens with two attached hydrogens (primary N) is 3. The molecule has 0 radical (unpaired) electrons. The van der Waals surface area contributed by atoms with Crippen LogP contribution in [0.3, 0.4) is 0 Å². The van der Waals surface area contributed by atoms with Crippen LogP contribution in [0.4, 0.5) is 0 Å². The molecule has 2 fully saturated rings. The van der Waals surface area contributed by atoms with E-state index in [2.05, 4.69) is 15.9 Å². The Kier molecular flexibility index (Phi) is 13.1. The molecule has 2 heterocycles. The molecular weight excluding hydrogens is 637 g/mol. The molecule has 3 atom stereocenters. The third-order valence-electron chi connectivity index (χ3n) is 11.4. The predicted octanol–water partition coefficient (Wildman–Crippen LogP) is 4.01. The van der Waals surface area contributed by atoms with Gasteiger partial charge < -0.3 is 31.9 Å². The summed E-state index contributed by atoms with van der Waals surface area (Å²) in [6, 6.07) is 25.6. The third-order valence-corrected chi connectivity index (χ3v) is 11.4. The summed E-state index contributed by atoms with van der Waals surface area (Å²) in [5.74, 6) is -2.84. The van der Waals surface area contributed by atoms with Gasteiger partial charge in [-0.1, -0.05) is 92.2 Å². The van der Waals surface area contributed by atoms with Crippen molar-refractivity contribution in [2.75, 3.05) is 59.4 Å². The van der Waals surface area contributed by atoms with Crippen molar-refractivity contribution < 1.29 is 14.4 Å². The van der Waals surface area contributed by atoms with Crippen LogP contribution in [0.25, 0.3) is 0 Å². The number of carbonyl (C=O) groups is 3. The molecule has 274 valence electrons. The van der Waals surface area contributed by atoms with Gasteiger partial charge in [0, 0.05) is 19.6 Å². The van der Waals surface area contributed by atoms with Gasteiger partial charge in [-0.15, -0.1) is 0 Å². The molecule has 9 heteroatoms. The van der Waals surface area contributed by atoms with Crippen molar-refractivity contribution in [2.45, 2.75) is 69.6 Å². The Morgan fingerprint density at radius 1 is 0.725 bits per heavy atom. The first-order valence-electron chi connectivity index (χ1n) is 18.8. The predicted molar refractivity (Wildman–Crippen MR) is 204 cm³/mol. The van der Waals surface area contributed by atoms with Gasteiger partial charge in [-0.3, -0.25) is 14.4 Å². The zero-order valence-corrected chi connectivity index (χ0v) is 30.7. The number of amides is 3. The summed E-state index contributed by atoms with van der Waals surface area (Å²) in [5.41, 5.74) is 21.1. The van der Waals surface area contributed by atoms with Crippen molar-refractivity contribution in [3.8, 4) is 0 Å². The minimum atomic E-state index is -1.43. The second-order valence-electron chi connectivity index (χ2n) is 15.0. The summed E-state index contributed by atoms with van der Waals surface area (Å²) in [4.78, 5) is 49.7. The van der Waals surface area contributed by atoms with E-state index in [1.54, 1.807) is 0 Å². The number of rotatable bonds is 18. The highest BCUT2D eigenvalue weighted by molar-refractivity contribution is 5.95. The number of benzene rings is 3. The number of piperidine rings is 1. The van der Waals surface area contributed by atoms with Crippen LogP contribution < -0.4 is 17.2 Å². The van der Waals surface area contributed by atoms with Crippen LogP contribution in [0.15, 0.2) is 78.9 Å². The Bertz CT molecular complexity index is 1610. The van der Waals surface area contributed by atoms with Crippen LogP contribution in [0.5, 0.6) is 0 Å². The van der Waals surface area contributed by atoms with Crippen molar-refractivity contribution >= 4 is 17.7 Å². The van der Waals surface area contributed by atoms with Crippen LogP contribution in [-0.4, -0.2) is 91.8 Å². The zero-order valence-electron chi connectivity index (χ0n) is 30.7. The Labute approximate surface area is 304 Å². The fourth-order valence-corrected chi connectivity index (χ4v) is 8.73. The Morgan fingerprint density at radius 2 is 1.29 bits per heavy atom. The lowest BCUT2D eigenvalue weighted by atomic mass is 9.62. The molecule has 0 aliphatic carbocycles. The van der Waals surface area contributed by atoms with Gasteiger partial charge >= 0.3 is 0 Å². The summed E-state index contributed by atoms with van der Waals surface area (Å²) in [5, 5.41) is 0. The maximum atomic E-state index is 14.5. The zero-order chi connectivity index (χ0) is 36.4. The van der Waals surface area contributed by atoms with Crippen LogP contribution in [0, 0.1) is 5.41 Å². The lowest BCUT2D eigenvalue weighted by Gasteiger charge is -2.44. The highest BCUT2D eigenvalue weighted by Crippen LogP contribution is 2.46. The van der Waals surface area contributed by atoms with E-state index in [1.165, 1.54) is 6.42 Å². The average molecular weight is 695 g/mol. The maximum absolute atomic E-state index is 14.5. The fourth-order valence-electron chi connectivity index (χ4n) is 8.73. The standard InChI is InChI=1S/C42H58N6O3/c1-3-46(2)30-41(39(44)50,28-32-16-7-4-8-17-32)37(38(43)49)35-21-15-20-34(22-27-47-23-11-6-12-24-47)36(35)42(40(45)51,31-48-25-13-14-26-48)29-33-18-9-5-10-19-33/h4-5,7-10,15-21,37H,3,6,11-14,22-31H2,1-2H3,(H2,43,49)(H2,44,50)(H2,45,51). The van der Waals surface area contributed by atoms with Gasteiger partial charge in [-0.2, -0.15) is 0 Å². The van der Waals surface area contributed by atoms with E-state index >= 15 is 0 Å². The second kappa shape index (κ2) is 17.4. The quantitative estimate of drug-likeness (QED) is 0.184. The molecule has 2 saturated heterocycles. The minimum absolute atomic E-state index is 0.201. The van der Waals surface area contributed by atoms with E-state index in [1.807, 2.05) is 91.7 Å². The Morgan fingerprint density at radius 3 is 1.84 bits per heavy atom. The molecule has 51 heavy (non-hydrogen) atoms. The summed E-state index contributed by atoms with van der Waals surface area (Å²) in [7, 11) is 1.92. The normalized spacial score (nSPS) is 18.6. The van der Waals surface area contributed by atoms with Gasteiger partial charge in [0.1, 0.15) is 0 Å². The Balaban J connectivity index is 1.80. The number of carbonyl (C=O) groups excluding carboxylic acids is 3. The van der Waals surface area contributed by atoms with Crippen LogP contribution in [0.2, 0.25) is 0 Å². The van der Waals surface area contributed by atoms with E-state index in [9.17, 15) is 14.4 Å². The number of hydrogen-bond donors (Lipinski definition) is 3. The first-order valence-corrected chi connectivity index (χ1v) is 18.8. The van der Waals surface area contributed by atoms with E-state index in [0.717, 1.165) is 80.7 Å². The van der Waals surface area contributed by atoms with Crippen molar-refractivity contribution in [1.29, 1.82) is 0 Å². The molecule has 3 aromatic carbocycles. The molecule has 6 N–H and O–H groups in total. The molecule has 2 aliphatic heterocycles. The summed E-state index contributed by atoms with van der Waals surface area (Å²) >= 11 is 0. The van der Waals surface area contributed by atoms with Gasteiger partial charge in [0.25, 0.3) is 0 Å². The van der Waals surface area contributed by atoms with Crippen molar-refractivity contribution in [3.63, 3.8) is 0 Å². The topological polar surface area (TPSA) is 139 Å². The van der Waals surface area contributed by atoms with Gasteiger partial charge in [-0.05, 0) is 113 Å². The number of hydrogen-bond acceptors (Lipinski definition) is 6. The van der Waals surface area contributed by atoms with Crippen molar-refractivity contribution in [2.24, 2.45) is 22.6 Å². The average Bonchev–Trinajstić information content (AvgIpc) is 3.64. The molecule has 0 spiro atoms. The first kappa shape index (κ1) is 38.2. The lowest BCUT2D eigenvalue weighted by molar-refractivity contribution is -0.136. The summed E-state index contributed by atoms with van der Waals surface area (Å²) in [6.45, 7) is 7.82. The Hall–Kier alpha value is -4.05. The number of likely N-dealkylation sites (tertiary alicyclic amines) is 2. The van der Waals surface area contributed by atoms with Gasteiger partial charge in [-0.25, -0.2) is 0 Å². The van der Waals surface area contributed by atoms with Gasteiger partial charge in [0.2, 0.25) is 17.7 Å². The largest absolute Gasteiger partial charge is 0.369 e. The second-order valence-corrected chi connectivity index (χ2v) is 15.0. The fraction of sp³-hybridized carbons (Fsp3) is 0.500. The molecule has 0 aromatic heterocycles. The molecule has 0 bridgehead atoms. The minimum Gasteiger partial charge on any atom is -0.369 e. The smallest absolute Gasteiger partial charge is 0.229 e. The maximum Gasteiger partial charge on any atom is 0.229 e. The number of primary amides is 3.